The third-order valence-corrected chi connectivity index (χ3v) is 3.44. The minimum atomic E-state index is 0.0327. The van der Waals surface area contributed by atoms with Crippen molar-refractivity contribution in [3.8, 4) is 17.0 Å². The largest absolute Gasteiger partial charge is 0.496 e. The molecule has 2 rings (SSSR count). The van der Waals surface area contributed by atoms with E-state index in [1.165, 1.54) is 0 Å². The molecule has 0 aliphatic rings. The first kappa shape index (κ1) is 14.3. The summed E-state index contributed by atoms with van der Waals surface area (Å²) in [6.07, 6.45) is 0. The highest BCUT2D eigenvalue weighted by Crippen LogP contribution is 2.25. The standard InChI is InChI=1S/C16H20N2O2/c1-11-9-12(6-8-15(11)20-4)14-7-5-13(10-17-2)16(19)18(14)3/h5-9,17H,10H2,1-4H3. The molecule has 0 aliphatic carbocycles. The lowest BCUT2D eigenvalue weighted by molar-refractivity contribution is 0.412. The molecule has 1 heterocycles. The van der Waals surface area contributed by atoms with E-state index in [9.17, 15) is 4.79 Å². The van der Waals surface area contributed by atoms with Crippen LogP contribution in [-0.2, 0) is 13.6 Å². The molecule has 0 spiro atoms. The van der Waals surface area contributed by atoms with Crippen LogP contribution in [0.3, 0.4) is 0 Å². The zero-order valence-electron chi connectivity index (χ0n) is 12.4. The molecule has 0 saturated heterocycles. The van der Waals surface area contributed by atoms with E-state index in [0.717, 1.165) is 28.1 Å². The molecular weight excluding hydrogens is 252 g/mol. The van der Waals surface area contributed by atoms with E-state index >= 15 is 0 Å². The number of hydrogen-bond donors (Lipinski definition) is 1. The number of nitrogens with one attached hydrogen (secondary N) is 1. The summed E-state index contributed by atoms with van der Waals surface area (Å²) in [6, 6.07) is 9.80. The minimum absolute atomic E-state index is 0.0327. The predicted octanol–water partition coefficient (Wildman–Crippen LogP) is 2.09. The second-order valence-electron chi connectivity index (χ2n) is 4.82. The minimum Gasteiger partial charge on any atom is -0.496 e. The van der Waals surface area contributed by atoms with Gasteiger partial charge in [0.15, 0.2) is 0 Å². The maximum absolute atomic E-state index is 12.3. The number of pyridine rings is 1. The Kier molecular flexibility index (Phi) is 4.25. The van der Waals surface area contributed by atoms with Gasteiger partial charge in [-0.2, -0.15) is 0 Å². The number of rotatable bonds is 4. The highest BCUT2D eigenvalue weighted by Gasteiger charge is 2.08. The van der Waals surface area contributed by atoms with Gasteiger partial charge in [0.2, 0.25) is 0 Å². The van der Waals surface area contributed by atoms with E-state index in [1.54, 1.807) is 18.7 Å². The normalized spacial score (nSPS) is 10.6. The van der Waals surface area contributed by atoms with E-state index in [1.807, 2.05) is 44.3 Å². The zero-order valence-corrected chi connectivity index (χ0v) is 12.4. The Morgan fingerprint density at radius 3 is 2.60 bits per heavy atom. The second kappa shape index (κ2) is 5.92. The van der Waals surface area contributed by atoms with Gasteiger partial charge in [-0.15, -0.1) is 0 Å². The Balaban J connectivity index is 2.51. The van der Waals surface area contributed by atoms with Gasteiger partial charge >= 0.3 is 0 Å². The van der Waals surface area contributed by atoms with Crippen molar-refractivity contribution < 1.29 is 4.74 Å². The molecule has 1 aromatic carbocycles. The Morgan fingerprint density at radius 2 is 2.00 bits per heavy atom. The van der Waals surface area contributed by atoms with Crippen molar-refractivity contribution in [2.45, 2.75) is 13.5 Å². The number of methoxy groups -OCH3 is 1. The van der Waals surface area contributed by atoms with Crippen molar-refractivity contribution in [1.29, 1.82) is 0 Å². The average Bonchev–Trinajstić information content (AvgIpc) is 2.44. The van der Waals surface area contributed by atoms with Crippen LogP contribution in [0.25, 0.3) is 11.3 Å². The summed E-state index contributed by atoms with van der Waals surface area (Å²) in [5.74, 6) is 0.852. The topological polar surface area (TPSA) is 43.3 Å². The Morgan fingerprint density at radius 1 is 1.25 bits per heavy atom. The van der Waals surface area contributed by atoms with Crippen LogP contribution in [0, 0.1) is 6.92 Å². The van der Waals surface area contributed by atoms with Gasteiger partial charge in [-0.05, 0) is 49.4 Å². The van der Waals surface area contributed by atoms with Crippen molar-refractivity contribution in [2.75, 3.05) is 14.2 Å². The molecule has 4 heteroatoms. The third-order valence-electron chi connectivity index (χ3n) is 3.44. The van der Waals surface area contributed by atoms with Crippen LogP contribution in [0.2, 0.25) is 0 Å². The fourth-order valence-electron chi connectivity index (χ4n) is 2.34. The predicted molar refractivity (Wildman–Crippen MR) is 81.2 cm³/mol. The molecule has 0 saturated carbocycles. The van der Waals surface area contributed by atoms with Crippen LogP contribution >= 0.6 is 0 Å². The fraction of sp³-hybridized carbons (Fsp3) is 0.312. The first-order valence-electron chi connectivity index (χ1n) is 6.57. The van der Waals surface area contributed by atoms with Gasteiger partial charge in [-0.3, -0.25) is 4.79 Å². The van der Waals surface area contributed by atoms with Gasteiger partial charge in [0, 0.05) is 19.2 Å². The molecule has 0 unspecified atom stereocenters. The molecule has 0 bridgehead atoms. The van der Waals surface area contributed by atoms with E-state index in [0.29, 0.717) is 6.54 Å². The number of ether oxygens (including phenoxy) is 1. The third kappa shape index (κ3) is 2.60. The number of nitrogens with zero attached hydrogens (tertiary/aromatic N) is 1. The summed E-state index contributed by atoms with van der Waals surface area (Å²) >= 11 is 0. The lowest BCUT2D eigenvalue weighted by Crippen LogP contribution is -2.25. The second-order valence-corrected chi connectivity index (χ2v) is 4.82. The average molecular weight is 272 g/mol. The molecule has 1 aromatic heterocycles. The molecule has 2 aromatic rings. The van der Waals surface area contributed by atoms with E-state index < -0.39 is 0 Å². The van der Waals surface area contributed by atoms with Gasteiger partial charge in [0.1, 0.15) is 5.75 Å². The summed E-state index contributed by atoms with van der Waals surface area (Å²) < 4.78 is 6.95. The Labute approximate surface area is 119 Å². The maximum Gasteiger partial charge on any atom is 0.255 e. The van der Waals surface area contributed by atoms with Gasteiger partial charge < -0.3 is 14.6 Å². The summed E-state index contributed by atoms with van der Waals surface area (Å²) in [6.45, 7) is 2.57. The van der Waals surface area contributed by atoms with Gasteiger partial charge in [-0.1, -0.05) is 6.07 Å². The summed E-state index contributed by atoms with van der Waals surface area (Å²) in [4.78, 5) is 12.3. The molecule has 20 heavy (non-hydrogen) atoms. The highest BCUT2D eigenvalue weighted by molar-refractivity contribution is 5.62. The highest BCUT2D eigenvalue weighted by atomic mass is 16.5. The molecule has 0 amide bonds. The summed E-state index contributed by atoms with van der Waals surface area (Å²) in [5.41, 5.74) is 3.77. The molecule has 0 aliphatic heterocycles. The quantitative estimate of drug-likeness (QED) is 0.927. The first-order chi connectivity index (χ1) is 9.58. The van der Waals surface area contributed by atoms with Crippen molar-refractivity contribution in [3.05, 3.63) is 51.8 Å². The molecule has 0 atom stereocenters. The van der Waals surface area contributed by atoms with Crippen LogP contribution in [0.1, 0.15) is 11.1 Å². The van der Waals surface area contributed by atoms with E-state index in [-0.39, 0.29) is 5.56 Å². The number of hydrogen-bond acceptors (Lipinski definition) is 3. The molecule has 4 nitrogen and oxygen atoms in total. The lowest BCUT2D eigenvalue weighted by atomic mass is 10.1. The van der Waals surface area contributed by atoms with Crippen LogP contribution in [0.15, 0.2) is 35.1 Å². The Hall–Kier alpha value is -2.07. The van der Waals surface area contributed by atoms with Crippen LogP contribution in [0.4, 0.5) is 0 Å². The summed E-state index contributed by atoms with van der Waals surface area (Å²) in [7, 11) is 5.29. The van der Waals surface area contributed by atoms with Crippen molar-refractivity contribution in [1.82, 2.24) is 9.88 Å². The van der Waals surface area contributed by atoms with Crippen molar-refractivity contribution >= 4 is 0 Å². The monoisotopic (exact) mass is 272 g/mol. The van der Waals surface area contributed by atoms with Crippen molar-refractivity contribution in [2.24, 2.45) is 7.05 Å². The smallest absolute Gasteiger partial charge is 0.255 e. The number of benzene rings is 1. The van der Waals surface area contributed by atoms with Crippen molar-refractivity contribution in [3.63, 3.8) is 0 Å². The van der Waals surface area contributed by atoms with Gasteiger partial charge in [-0.25, -0.2) is 0 Å². The lowest BCUT2D eigenvalue weighted by Gasteiger charge is -2.12. The van der Waals surface area contributed by atoms with E-state index in [4.69, 9.17) is 4.74 Å². The SMILES string of the molecule is CNCc1ccc(-c2ccc(OC)c(C)c2)n(C)c1=O. The molecular formula is C16H20N2O2. The Bertz CT molecular complexity index is 675. The fourth-order valence-corrected chi connectivity index (χ4v) is 2.34. The van der Waals surface area contributed by atoms with E-state index in [2.05, 4.69) is 5.32 Å². The zero-order chi connectivity index (χ0) is 14.7. The number of aryl methyl sites for hydroxylation is 1. The first-order valence-corrected chi connectivity index (χ1v) is 6.57. The number of aromatic nitrogens is 1. The molecule has 0 fully saturated rings. The van der Waals surface area contributed by atoms with Crippen LogP contribution in [-0.4, -0.2) is 18.7 Å². The maximum atomic E-state index is 12.3. The van der Waals surface area contributed by atoms with Gasteiger partial charge in [0.05, 0.1) is 12.8 Å². The molecule has 1 N–H and O–H groups in total. The van der Waals surface area contributed by atoms with Crippen LogP contribution < -0.4 is 15.6 Å². The molecule has 0 radical (unpaired) electrons. The van der Waals surface area contributed by atoms with Crippen LogP contribution in [0.5, 0.6) is 5.75 Å². The summed E-state index contributed by atoms with van der Waals surface area (Å²) in [5, 5.41) is 3.01. The molecule has 106 valence electrons. The van der Waals surface area contributed by atoms with Gasteiger partial charge in [0.25, 0.3) is 5.56 Å².